The van der Waals surface area contributed by atoms with E-state index in [2.05, 4.69) is 23.3 Å². The van der Waals surface area contributed by atoms with Crippen molar-refractivity contribution in [3.63, 3.8) is 0 Å². The standard InChI is InChI=1S/2In.Ni.H2S4.Zn.6H/c;;;1-3-4-2;;;;;;;/h;;;1-2H;;;;;;;. The van der Waals surface area contributed by atoms with Crippen molar-refractivity contribution in [1.82, 2.24) is 0 Å². The summed E-state index contributed by atoms with van der Waals surface area (Å²) in [5.74, 6) is 0. The molecule has 0 aromatic heterocycles. The van der Waals surface area contributed by atoms with Crippen LogP contribution >= 0.6 is 43.0 Å². The molecule has 0 spiro atoms. The fourth-order valence-corrected chi connectivity index (χ4v) is 0. The van der Waals surface area contributed by atoms with E-state index in [-0.39, 0.29) is 87.7 Å². The van der Waals surface area contributed by atoms with E-state index < -0.39 is 0 Å². The van der Waals surface area contributed by atoms with Crippen LogP contribution in [-0.4, -0.2) is 51.7 Å². The predicted octanol–water partition coefficient (Wildman–Crippen LogP) is -0.315. The molecule has 0 saturated carbocycles. The Morgan fingerprint density at radius 1 is 0.875 bits per heavy atom. The monoisotopic (exact) mass is 488 g/mol. The third-order valence-electron chi connectivity index (χ3n) is 0.0333. The second-order valence-corrected chi connectivity index (χ2v) is 4.02. The summed E-state index contributed by atoms with van der Waals surface area (Å²) in [4.78, 5) is 0. The maximum Gasteiger partial charge on any atom is 0 e. The Balaban J connectivity index is -0.00000000750. The van der Waals surface area contributed by atoms with Gasteiger partial charge in [-0.2, -0.15) is 0 Å². The van der Waals surface area contributed by atoms with Crippen molar-refractivity contribution >= 4 is 94.7 Å². The second kappa shape index (κ2) is 30.3. The summed E-state index contributed by atoms with van der Waals surface area (Å²) in [6, 6.07) is 0. The molecule has 0 nitrogen and oxygen atoms in total. The van der Waals surface area contributed by atoms with Gasteiger partial charge in [-0.05, 0) is 19.7 Å². The van der Waals surface area contributed by atoms with Crippen LogP contribution < -0.4 is 0 Å². The summed E-state index contributed by atoms with van der Waals surface area (Å²) in [7, 11) is 2.66. The van der Waals surface area contributed by atoms with Crippen molar-refractivity contribution < 1.29 is 36.0 Å². The van der Waals surface area contributed by atoms with Gasteiger partial charge in [-0.25, -0.2) is 0 Å². The van der Waals surface area contributed by atoms with E-state index in [0.29, 0.717) is 0 Å². The number of thiol groups is 2. The zero-order chi connectivity index (χ0) is 3.41. The van der Waals surface area contributed by atoms with Crippen molar-refractivity contribution in [1.29, 1.82) is 0 Å². The van der Waals surface area contributed by atoms with Gasteiger partial charge in [0, 0.05) is 36.0 Å². The van der Waals surface area contributed by atoms with Crippen LogP contribution in [0.4, 0.5) is 0 Å². The molecule has 50 valence electrons. The van der Waals surface area contributed by atoms with E-state index in [1.54, 1.807) is 0 Å². The summed E-state index contributed by atoms with van der Waals surface area (Å²) in [5, 5.41) is 0. The molecule has 0 aromatic rings. The molecule has 0 unspecified atom stereocenters. The molecule has 0 aliphatic heterocycles. The smallest absolute Gasteiger partial charge is 0 e. The first-order chi connectivity index (χ1) is 1.91. The maximum atomic E-state index is 3.72. The average molecular weight is 490 g/mol. The normalized spacial score (nSPS) is 3.75. The van der Waals surface area contributed by atoms with Gasteiger partial charge in [0.2, 0.25) is 0 Å². The molecule has 8 heteroatoms. The summed E-state index contributed by atoms with van der Waals surface area (Å²) in [6.07, 6.45) is 0. The van der Waals surface area contributed by atoms with Gasteiger partial charge in [0.05, 0.1) is 0 Å². The minimum Gasteiger partial charge on any atom is 0 e. The molecule has 0 heterocycles. The minimum atomic E-state index is 0. The van der Waals surface area contributed by atoms with Crippen molar-refractivity contribution in [3.05, 3.63) is 0 Å². The van der Waals surface area contributed by atoms with Gasteiger partial charge in [0.1, 0.15) is 0 Å². The van der Waals surface area contributed by atoms with Crippen molar-refractivity contribution in [3.8, 4) is 0 Å². The summed E-state index contributed by atoms with van der Waals surface area (Å²) in [6.45, 7) is 0. The second-order valence-electron chi connectivity index (χ2n) is 0.149. The third-order valence-corrected chi connectivity index (χ3v) is 2.70. The Labute approximate surface area is 128 Å². The van der Waals surface area contributed by atoms with Crippen LogP contribution in [0.5, 0.6) is 0 Å². The predicted molar refractivity (Wildman–Crippen MR) is 53.0 cm³/mol. The SMILES string of the molecule is SSSS.[InH3].[InH3].[Ni].[Zn]. The van der Waals surface area contributed by atoms with Crippen LogP contribution in [0.1, 0.15) is 0 Å². The molecular formula is H8In2NiS4Zn. The van der Waals surface area contributed by atoms with E-state index in [9.17, 15) is 0 Å². The Bertz CT molecular complexity index is 16.0. The van der Waals surface area contributed by atoms with Crippen LogP contribution in [0, 0.1) is 0 Å². The average Bonchev–Trinajstić information content (AvgIpc) is 1.37. The van der Waals surface area contributed by atoms with Gasteiger partial charge in [-0.3, -0.25) is 0 Å². The van der Waals surface area contributed by atoms with Gasteiger partial charge in [-0.15, -0.1) is 0 Å². The topological polar surface area (TPSA) is 0 Å². The number of hydrogen-bond acceptors (Lipinski definition) is 4. The van der Waals surface area contributed by atoms with Gasteiger partial charge < -0.3 is 0 Å². The Kier molecular flexibility index (Phi) is 112. The van der Waals surface area contributed by atoms with Crippen molar-refractivity contribution in [2.24, 2.45) is 0 Å². The van der Waals surface area contributed by atoms with E-state index >= 15 is 0 Å². The molecule has 0 amide bonds. The number of hydrogen-bond donors (Lipinski definition) is 2. The number of rotatable bonds is 1. The van der Waals surface area contributed by atoms with E-state index in [1.807, 2.05) is 0 Å². The molecule has 0 rings (SSSR count). The molecule has 0 radical (unpaired) electrons. The molecule has 0 N–H and O–H groups in total. The van der Waals surface area contributed by atoms with Gasteiger partial charge in [0.25, 0.3) is 0 Å². The Morgan fingerprint density at radius 2 is 1.00 bits per heavy atom. The van der Waals surface area contributed by atoms with Crippen molar-refractivity contribution in [2.45, 2.75) is 0 Å². The van der Waals surface area contributed by atoms with E-state index in [1.165, 1.54) is 19.7 Å². The minimum absolute atomic E-state index is 0. The zero-order valence-electron chi connectivity index (χ0n) is 2.73. The molecule has 0 aromatic carbocycles. The fraction of sp³-hybridized carbons (Fsp3) is 0. The van der Waals surface area contributed by atoms with Gasteiger partial charge in [0.15, 0.2) is 0 Å². The summed E-state index contributed by atoms with van der Waals surface area (Å²) in [5.41, 5.74) is 0. The van der Waals surface area contributed by atoms with Crippen LogP contribution in [0.25, 0.3) is 0 Å². The molecular weight excluding hydrogens is 482 g/mol. The third kappa shape index (κ3) is 31.8. The van der Waals surface area contributed by atoms with E-state index in [0.717, 1.165) is 0 Å². The van der Waals surface area contributed by atoms with E-state index in [4.69, 9.17) is 0 Å². The summed E-state index contributed by atoms with van der Waals surface area (Å²) >= 11 is 7.45. The zero-order valence-corrected chi connectivity index (χ0v) is 10.1. The molecule has 0 aliphatic carbocycles. The van der Waals surface area contributed by atoms with Crippen molar-refractivity contribution in [2.75, 3.05) is 0 Å². The quantitative estimate of drug-likeness (QED) is 0.294. The Hall–Kier alpha value is 4.26. The first kappa shape index (κ1) is 29.5. The molecule has 0 bridgehead atoms. The van der Waals surface area contributed by atoms with Crippen LogP contribution in [0.2, 0.25) is 0 Å². The first-order valence-corrected chi connectivity index (χ1v) is 4.79. The largest absolute Gasteiger partial charge is 0 e. The molecule has 8 heavy (non-hydrogen) atoms. The van der Waals surface area contributed by atoms with Crippen LogP contribution in [0.3, 0.4) is 0 Å². The maximum absolute atomic E-state index is 3.72. The van der Waals surface area contributed by atoms with Crippen LogP contribution in [0.15, 0.2) is 0 Å². The van der Waals surface area contributed by atoms with Crippen LogP contribution in [-0.2, 0) is 36.0 Å². The molecule has 0 aliphatic rings. The van der Waals surface area contributed by atoms with Gasteiger partial charge >= 0.3 is 51.7 Å². The fourth-order valence-electron chi connectivity index (χ4n) is 0. The molecule has 0 saturated heterocycles. The molecule has 0 atom stereocenters. The summed E-state index contributed by atoms with van der Waals surface area (Å²) < 4.78 is 0. The molecule has 0 fully saturated rings. The Morgan fingerprint density at radius 3 is 1.00 bits per heavy atom. The first-order valence-electron chi connectivity index (χ1n) is 0.532. The van der Waals surface area contributed by atoms with Gasteiger partial charge in [-0.1, -0.05) is 23.3 Å².